The van der Waals surface area contributed by atoms with Gasteiger partial charge in [-0.2, -0.15) is 0 Å². The summed E-state index contributed by atoms with van der Waals surface area (Å²) in [5.74, 6) is -0.146. The summed E-state index contributed by atoms with van der Waals surface area (Å²) in [5, 5.41) is 1.79. The molecule has 1 aromatic carbocycles. The number of carbonyl (C=O) groups excluding carboxylic acids is 1. The molecule has 0 spiro atoms. The van der Waals surface area contributed by atoms with Crippen LogP contribution in [0.1, 0.15) is 13.3 Å². The Hall–Kier alpha value is -1.85. The summed E-state index contributed by atoms with van der Waals surface area (Å²) < 4.78 is 5.05. The average Bonchev–Trinajstić information content (AvgIpc) is 2.80. The Balaban J connectivity index is 1.75. The molecule has 0 N–H and O–H groups in total. The van der Waals surface area contributed by atoms with Gasteiger partial charge in [-0.25, -0.2) is 0 Å². The Morgan fingerprint density at radius 3 is 2.96 bits per heavy atom. The minimum absolute atomic E-state index is 0.146. The Bertz CT molecular complexity index is 722. The van der Waals surface area contributed by atoms with Crippen molar-refractivity contribution >= 4 is 34.2 Å². The summed E-state index contributed by atoms with van der Waals surface area (Å²) in [6, 6.07) is 7.83. The number of fused-ring (bicyclic) bond motifs is 1. The van der Waals surface area contributed by atoms with Crippen LogP contribution in [0, 0.1) is 0 Å². The topological polar surface area (TPSA) is 45.7 Å². The van der Waals surface area contributed by atoms with E-state index in [1.807, 2.05) is 37.4 Å². The maximum Gasteiger partial charge on any atom is 0.320 e. The van der Waals surface area contributed by atoms with Gasteiger partial charge in [0.05, 0.1) is 18.7 Å². The van der Waals surface area contributed by atoms with Crippen LogP contribution in [0.3, 0.4) is 0 Å². The molecule has 5 nitrogen and oxygen atoms in total. The largest absolute Gasteiger partial charge is 0.465 e. The van der Waals surface area contributed by atoms with Gasteiger partial charge in [0.1, 0.15) is 0 Å². The van der Waals surface area contributed by atoms with Crippen molar-refractivity contribution in [3.63, 3.8) is 0 Å². The van der Waals surface area contributed by atoms with E-state index in [0.29, 0.717) is 13.2 Å². The lowest BCUT2D eigenvalue weighted by molar-refractivity contribution is -0.144. The van der Waals surface area contributed by atoms with Crippen molar-refractivity contribution in [3.05, 3.63) is 35.5 Å². The van der Waals surface area contributed by atoms with Crippen LogP contribution in [0.4, 0.5) is 5.69 Å². The van der Waals surface area contributed by atoms with Crippen molar-refractivity contribution in [1.29, 1.82) is 0 Å². The van der Waals surface area contributed by atoms with Gasteiger partial charge < -0.3 is 9.64 Å². The molecule has 1 saturated heterocycles. The summed E-state index contributed by atoms with van der Waals surface area (Å²) in [7, 11) is 0. The van der Waals surface area contributed by atoms with Crippen molar-refractivity contribution < 1.29 is 9.53 Å². The molecule has 24 heavy (non-hydrogen) atoms. The Morgan fingerprint density at radius 1 is 1.25 bits per heavy atom. The number of hydrogen-bond donors (Lipinski definition) is 0. The minimum atomic E-state index is -0.146. The van der Waals surface area contributed by atoms with Gasteiger partial charge in [-0.1, -0.05) is 11.6 Å². The number of ether oxygens (including phenoxy) is 1. The molecular formula is C18H22ClN3O2. The zero-order valence-corrected chi connectivity index (χ0v) is 14.6. The first-order valence-corrected chi connectivity index (χ1v) is 8.72. The lowest BCUT2D eigenvalue weighted by atomic mass is 10.1. The van der Waals surface area contributed by atoms with Crippen LogP contribution in [0.5, 0.6) is 0 Å². The first-order chi connectivity index (χ1) is 11.7. The van der Waals surface area contributed by atoms with Crippen LogP contribution < -0.4 is 4.90 Å². The molecule has 3 rings (SSSR count). The third kappa shape index (κ3) is 3.97. The van der Waals surface area contributed by atoms with E-state index in [1.54, 1.807) is 0 Å². The highest BCUT2D eigenvalue weighted by molar-refractivity contribution is 6.31. The zero-order valence-electron chi connectivity index (χ0n) is 13.9. The van der Waals surface area contributed by atoms with Gasteiger partial charge in [0.2, 0.25) is 0 Å². The Labute approximate surface area is 147 Å². The predicted octanol–water partition coefficient (Wildman–Crippen LogP) is 2.96. The number of benzene rings is 1. The third-order valence-corrected chi connectivity index (χ3v) is 4.50. The first kappa shape index (κ1) is 17.0. The molecule has 1 aliphatic rings. The molecule has 2 aromatic rings. The maximum atomic E-state index is 11.7. The number of esters is 1. The van der Waals surface area contributed by atoms with E-state index in [2.05, 4.69) is 14.8 Å². The van der Waals surface area contributed by atoms with E-state index in [0.717, 1.165) is 54.2 Å². The highest BCUT2D eigenvalue weighted by Crippen LogP contribution is 2.28. The van der Waals surface area contributed by atoms with Gasteiger partial charge in [0.15, 0.2) is 0 Å². The van der Waals surface area contributed by atoms with Crippen LogP contribution in [0.15, 0.2) is 30.5 Å². The van der Waals surface area contributed by atoms with E-state index < -0.39 is 0 Å². The highest BCUT2D eigenvalue weighted by Gasteiger charge is 2.19. The van der Waals surface area contributed by atoms with Crippen molar-refractivity contribution in [1.82, 2.24) is 9.88 Å². The summed E-state index contributed by atoms with van der Waals surface area (Å²) >= 11 is 6.17. The number of aromatic nitrogens is 1. The van der Waals surface area contributed by atoms with Gasteiger partial charge in [-0.3, -0.25) is 14.7 Å². The monoisotopic (exact) mass is 347 g/mol. The molecular weight excluding hydrogens is 326 g/mol. The Kier molecular flexibility index (Phi) is 5.53. The SMILES string of the molecule is CCOC(=O)CN1CCCN(c2ccnc3ccc(Cl)cc23)CC1. The van der Waals surface area contributed by atoms with Crippen molar-refractivity contribution in [2.24, 2.45) is 0 Å². The molecule has 0 radical (unpaired) electrons. The number of hydrogen-bond acceptors (Lipinski definition) is 5. The second-order valence-corrected chi connectivity index (χ2v) is 6.35. The number of rotatable bonds is 4. The van der Waals surface area contributed by atoms with Crippen molar-refractivity contribution in [2.75, 3.05) is 44.2 Å². The smallest absolute Gasteiger partial charge is 0.320 e. The van der Waals surface area contributed by atoms with Gasteiger partial charge in [0, 0.05) is 48.5 Å². The standard InChI is InChI=1S/C18H22ClN3O2/c1-2-24-18(23)13-21-8-3-9-22(11-10-21)17-6-7-20-16-5-4-14(19)12-15(16)17/h4-7,12H,2-3,8-11,13H2,1H3. The molecule has 128 valence electrons. The second kappa shape index (κ2) is 7.81. The number of anilines is 1. The molecule has 1 aromatic heterocycles. The molecule has 1 fully saturated rings. The van der Waals surface area contributed by atoms with Crippen LogP contribution in [-0.4, -0.2) is 55.2 Å². The molecule has 0 amide bonds. The first-order valence-electron chi connectivity index (χ1n) is 8.34. The number of carbonyl (C=O) groups is 1. The Morgan fingerprint density at radius 2 is 2.12 bits per heavy atom. The average molecular weight is 348 g/mol. The lowest BCUT2D eigenvalue weighted by Gasteiger charge is -2.24. The fourth-order valence-electron chi connectivity index (χ4n) is 3.14. The van der Waals surface area contributed by atoms with Crippen LogP contribution >= 0.6 is 11.6 Å². The normalized spacial score (nSPS) is 16.2. The molecule has 0 atom stereocenters. The molecule has 0 unspecified atom stereocenters. The molecule has 2 heterocycles. The number of pyridine rings is 1. The third-order valence-electron chi connectivity index (χ3n) is 4.27. The maximum absolute atomic E-state index is 11.7. The minimum Gasteiger partial charge on any atom is -0.465 e. The summed E-state index contributed by atoms with van der Waals surface area (Å²) in [5.41, 5.74) is 2.10. The van der Waals surface area contributed by atoms with Gasteiger partial charge >= 0.3 is 5.97 Å². The van der Waals surface area contributed by atoms with E-state index in [-0.39, 0.29) is 5.97 Å². The van der Waals surface area contributed by atoms with Gasteiger partial charge in [-0.15, -0.1) is 0 Å². The summed E-state index contributed by atoms with van der Waals surface area (Å²) in [6.45, 7) is 6.19. The second-order valence-electron chi connectivity index (χ2n) is 5.91. The fraction of sp³-hybridized carbons (Fsp3) is 0.444. The van der Waals surface area contributed by atoms with E-state index >= 15 is 0 Å². The molecule has 0 saturated carbocycles. The van der Waals surface area contributed by atoms with Crippen molar-refractivity contribution in [2.45, 2.75) is 13.3 Å². The lowest BCUT2D eigenvalue weighted by Crippen LogP contribution is -2.35. The van der Waals surface area contributed by atoms with E-state index in [4.69, 9.17) is 16.3 Å². The number of nitrogens with zero attached hydrogens (tertiary/aromatic N) is 3. The van der Waals surface area contributed by atoms with Crippen LogP contribution in [0.2, 0.25) is 5.02 Å². The van der Waals surface area contributed by atoms with E-state index in [1.165, 1.54) is 0 Å². The van der Waals surface area contributed by atoms with Crippen molar-refractivity contribution in [3.8, 4) is 0 Å². The van der Waals surface area contributed by atoms with Crippen LogP contribution in [0.25, 0.3) is 10.9 Å². The number of halogens is 1. The predicted molar refractivity (Wildman–Crippen MR) is 96.7 cm³/mol. The fourth-order valence-corrected chi connectivity index (χ4v) is 3.31. The zero-order chi connectivity index (χ0) is 16.9. The summed E-state index contributed by atoms with van der Waals surface area (Å²) in [4.78, 5) is 20.6. The van der Waals surface area contributed by atoms with E-state index in [9.17, 15) is 4.79 Å². The molecule has 6 heteroatoms. The van der Waals surface area contributed by atoms with Gasteiger partial charge in [0.25, 0.3) is 0 Å². The highest BCUT2D eigenvalue weighted by atomic mass is 35.5. The molecule has 0 bridgehead atoms. The molecule has 1 aliphatic heterocycles. The van der Waals surface area contributed by atoms with Gasteiger partial charge in [-0.05, 0) is 37.6 Å². The molecule has 0 aliphatic carbocycles. The quantitative estimate of drug-likeness (QED) is 0.796. The summed E-state index contributed by atoms with van der Waals surface area (Å²) in [6.07, 6.45) is 2.84. The van der Waals surface area contributed by atoms with Crippen LogP contribution in [-0.2, 0) is 9.53 Å².